The molecule has 1 aromatic rings. The number of hydrogen-bond acceptors (Lipinski definition) is 5. The van der Waals surface area contributed by atoms with E-state index in [1.165, 1.54) is 25.1 Å². The Balaban J connectivity index is 2.28. The molecular formula is C12H15N3O4S. The average molecular weight is 297 g/mol. The zero-order valence-electron chi connectivity index (χ0n) is 10.9. The summed E-state index contributed by atoms with van der Waals surface area (Å²) in [7, 11) is 0. The summed E-state index contributed by atoms with van der Waals surface area (Å²) < 4.78 is 0. The fourth-order valence-corrected chi connectivity index (χ4v) is 2.04. The van der Waals surface area contributed by atoms with Crippen LogP contribution < -0.4 is 10.6 Å². The molecule has 0 aliphatic heterocycles. The first-order valence-corrected chi connectivity index (χ1v) is 6.75. The SMILES string of the molecule is CC(=O)NCCCNC(=O)/C=C/c1ccc([N+](=O)[O-])s1. The van der Waals surface area contributed by atoms with Gasteiger partial charge in [0.2, 0.25) is 11.8 Å². The van der Waals surface area contributed by atoms with Crippen molar-refractivity contribution >= 4 is 34.2 Å². The molecule has 0 aliphatic carbocycles. The van der Waals surface area contributed by atoms with Crippen molar-refractivity contribution in [3.05, 3.63) is 33.2 Å². The molecule has 8 heteroatoms. The predicted molar refractivity (Wildman–Crippen MR) is 76.3 cm³/mol. The van der Waals surface area contributed by atoms with Crippen LogP contribution in [0.15, 0.2) is 18.2 Å². The normalized spacial score (nSPS) is 10.4. The molecule has 0 spiro atoms. The van der Waals surface area contributed by atoms with Gasteiger partial charge in [-0.25, -0.2) is 0 Å². The second kappa shape index (κ2) is 8.05. The fourth-order valence-electron chi connectivity index (χ4n) is 1.31. The molecule has 0 saturated carbocycles. The molecule has 2 N–H and O–H groups in total. The molecule has 0 bridgehead atoms. The summed E-state index contributed by atoms with van der Waals surface area (Å²) in [6.45, 7) is 2.39. The average Bonchev–Trinajstić information content (AvgIpc) is 2.84. The molecule has 0 fully saturated rings. The zero-order chi connectivity index (χ0) is 15.0. The second-order valence-corrected chi connectivity index (χ2v) is 4.99. The molecule has 0 unspecified atom stereocenters. The van der Waals surface area contributed by atoms with Gasteiger partial charge in [-0.05, 0) is 18.6 Å². The lowest BCUT2D eigenvalue weighted by Crippen LogP contribution is -2.27. The number of thiophene rings is 1. The van der Waals surface area contributed by atoms with E-state index in [9.17, 15) is 19.7 Å². The van der Waals surface area contributed by atoms with Crippen molar-refractivity contribution in [3.63, 3.8) is 0 Å². The monoisotopic (exact) mass is 297 g/mol. The lowest BCUT2D eigenvalue weighted by atomic mass is 10.3. The maximum absolute atomic E-state index is 11.4. The Labute approximate surface area is 119 Å². The van der Waals surface area contributed by atoms with Crippen molar-refractivity contribution in [2.24, 2.45) is 0 Å². The first kappa shape index (κ1) is 15.8. The van der Waals surface area contributed by atoms with Crippen molar-refractivity contribution in [2.45, 2.75) is 13.3 Å². The van der Waals surface area contributed by atoms with E-state index in [-0.39, 0.29) is 16.8 Å². The van der Waals surface area contributed by atoms with E-state index in [1.54, 1.807) is 6.07 Å². The Morgan fingerprint density at radius 2 is 2.05 bits per heavy atom. The van der Waals surface area contributed by atoms with Crippen LogP contribution in [-0.2, 0) is 9.59 Å². The quantitative estimate of drug-likeness (QED) is 0.343. The molecule has 20 heavy (non-hydrogen) atoms. The van der Waals surface area contributed by atoms with Gasteiger partial charge in [-0.15, -0.1) is 0 Å². The molecule has 0 radical (unpaired) electrons. The van der Waals surface area contributed by atoms with Crippen LogP contribution in [0.25, 0.3) is 6.08 Å². The molecule has 1 aromatic heterocycles. The minimum absolute atomic E-state index is 0.0420. The van der Waals surface area contributed by atoms with E-state index >= 15 is 0 Å². The van der Waals surface area contributed by atoms with Gasteiger partial charge in [0.1, 0.15) is 0 Å². The topological polar surface area (TPSA) is 101 Å². The highest BCUT2D eigenvalue weighted by Gasteiger charge is 2.07. The minimum Gasteiger partial charge on any atom is -0.356 e. The van der Waals surface area contributed by atoms with Crippen LogP contribution >= 0.6 is 11.3 Å². The molecule has 1 rings (SSSR count). The van der Waals surface area contributed by atoms with Gasteiger partial charge < -0.3 is 10.6 Å². The predicted octanol–water partition coefficient (Wildman–Crippen LogP) is 1.31. The van der Waals surface area contributed by atoms with Gasteiger partial charge in [0.15, 0.2) is 0 Å². The lowest BCUT2D eigenvalue weighted by molar-refractivity contribution is -0.380. The van der Waals surface area contributed by atoms with Gasteiger partial charge in [0.05, 0.1) is 4.92 Å². The van der Waals surface area contributed by atoms with Crippen LogP contribution in [0.4, 0.5) is 5.00 Å². The number of nitrogens with one attached hydrogen (secondary N) is 2. The van der Waals surface area contributed by atoms with E-state index in [0.717, 1.165) is 11.3 Å². The highest BCUT2D eigenvalue weighted by molar-refractivity contribution is 7.16. The second-order valence-electron chi connectivity index (χ2n) is 3.89. The fraction of sp³-hybridized carbons (Fsp3) is 0.333. The smallest absolute Gasteiger partial charge is 0.324 e. The third-order valence-corrected chi connectivity index (χ3v) is 3.22. The number of amides is 2. The van der Waals surface area contributed by atoms with Gasteiger partial charge in [0.25, 0.3) is 0 Å². The molecular weight excluding hydrogens is 282 g/mol. The molecule has 2 amide bonds. The van der Waals surface area contributed by atoms with Crippen LogP contribution in [0, 0.1) is 10.1 Å². The summed E-state index contributed by atoms with van der Waals surface area (Å²) >= 11 is 1.00. The summed E-state index contributed by atoms with van der Waals surface area (Å²) in [5.74, 6) is -0.376. The van der Waals surface area contributed by atoms with E-state index in [4.69, 9.17) is 0 Å². The Morgan fingerprint density at radius 3 is 2.65 bits per heavy atom. The first-order valence-electron chi connectivity index (χ1n) is 5.93. The molecule has 0 aromatic carbocycles. The molecule has 7 nitrogen and oxygen atoms in total. The van der Waals surface area contributed by atoms with Crippen LogP contribution in [0.3, 0.4) is 0 Å². The molecule has 0 atom stereocenters. The highest BCUT2D eigenvalue weighted by Crippen LogP contribution is 2.24. The molecule has 108 valence electrons. The van der Waals surface area contributed by atoms with Crippen molar-refractivity contribution in [1.82, 2.24) is 10.6 Å². The maximum atomic E-state index is 11.4. The number of hydrogen-bond donors (Lipinski definition) is 2. The van der Waals surface area contributed by atoms with Crippen LogP contribution in [-0.4, -0.2) is 29.8 Å². The van der Waals surface area contributed by atoms with Gasteiger partial charge in [0, 0.05) is 37.0 Å². The van der Waals surface area contributed by atoms with Crippen molar-refractivity contribution in [2.75, 3.05) is 13.1 Å². The van der Waals surface area contributed by atoms with Gasteiger partial charge in [-0.3, -0.25) is 19.7 Å². The van der Waals surface area contributed by atoms with E-state index in [1.807, 2.05) is 0 Å². The summed E-state index contributed by atoms with van der Waals surface area (Å²) in [5.41, 5.74) is 0. The van der Waals surface area contributed by atoms with Crippen LogP contribution in [0.2, 0.25) is 0 Å². The van der Waals surface area contributed by atoms with Crippen molar-refractivity contribution < 1.29 is 14.5 Å². The summed E-state index contributed by atoms with van der Waals surface area (Å²) in [6.07, 6.45) is 3.50. The Bertz CT molecular complexity index is 525. The number of rotatable bonds is 7. The summed E-state index contributed by atoms with van der Waals surface area (Å²) in [4.78, 5) is 32.7. The van der Waals surface area contributed by atoms with E-state index < -0.39 is 4.92 Å². The Kier molecular flexibility index (Phi) is 6.38. The molecule has 0 saturated heterocycles. The summed E-state index contributed by atoms with van der Waals surface area (Å²) in [5, 5.41) is 15.8. The standard InChI is InChI=1S/C12H15N3O4S/c1-9(16)13-7-2-8-14-11(17)5-3-10-4-6-12(20-10)15(18)19/h3-6H,2,7-8H2,1H3,(H,13,16)(H,14,17)/b5-3+. The number of nitrogens with zero attached hydrogens (tertiary/aromatic N) is 1. The zero-order valence-corrected chi connectivity index (χ0v) is 11.7. The van der Waals surface area contributed by atoms with Gasteiger partial charge in [-0.1, -0.05) is 11.3 Å². The molecule has 0 aliphatic rings. The van der Waals surface area contributed by atoms with Crippen molar-refractivity contribution in [3.8, 4) is 0 Å². The van der Waals surface area contributed by atoms with Crippen LogP contribution in [0.5, 0.6) is 0 Å². The summed E-state index contributed by atoms with van der Waals surface area (Å²) in [6, 6.07) is 2.99. The lowest BCUT2D eigenvalue weighted by Gasteiger charge is -2.02. The maximum Gasteiger partial charge on any atom is 0.324 e. The van der Waals surface area contributed by atoms with Crippen LogP contribution in [0.1, 0.15) is 18.2 Å². The third-order valence-electron chi connectivity index (χ3n) is 2.22. The molecule has 1 heterocycles. The Morgan fingerprint density at radius 1 is 1.35 bits per heavy atom. The largest absolute Gasteiger partial charge is 0.356 e. The highest BCUT2D eigenvalue weighted by atomic mass is 32.1. The van der Waals surface area contributed by atoms with Crippen molar-refractivity contribution in [1.29, 1.82) is 0 Å². The minimum atomic E-state index is -0.468. The number of nitro groups is 1. The number of carbonyl (C=O) groups excluding carboxylic acids is 2. The van der Waals surface area contributed by atoms with E-state index in [0.29, 0.717) is 24.4 Å². The number of carbonyl (C=O) groups is 2. The van der Waals surface area contributed by atoms with Gasteiger partial charge >= 0.3 is 5.00 Å². The van der Waals surface area contributed by atoms with Gasteiger partial charge in [-0.2, -0.15) is 0 Å². The third kappa shape index (κ3) is 6.10. The first-order chi connectivity index (χ1) is 9.49. The van der Waals surface area contributed by atoms with E-state index in [2.05, 4.69) is 10.6 Å². The Hall–Kier alpha value is -2.22.